The molecule has 0 bridgehead atoms. The van der Waals surface area contributed by atoms with Crippen LogP contribution in [0.3, 0.4) is 0 Å². The molecule has 0 radical (unpaired) electrons. The molecular formula is C13H19NO4. The van der Waals surface area contributed by atoms with Gasteiger partial charge < -0.3 is 19.6 Å². The van der Waals surface area contributed by atoms with E-state index in [0.717, 1.165) is 18.6 Å². The fraction of sp³-hybridized carbons (Fsp3) is 0.615. The van der Waals surface area contributed by atoms with Crippen LogP contribution in [0.25, 0.3) is 0 Å². The van der Waals surface area contributed by atoms with Crippen LogP contribution in [0.5, 0.6) is 0 Å². The Labute approximate surface area is 106 Å². The number of aryl methyl sites for hydroxylation is 1. The summed E-state index contributed by atoms with van der Waals surface area (Å²) in [6, 6.07) is 1.58. The van der Waals surface area contributed by atoms with Crippen molar-refractivity contribution < 1.29 is 19.1 Å². The third kappa shape index (κ3) is 2.42. The molecule has 0 aliphatic carbocycles. The van der Waals surface area contributed by atoms with Crippen molar-refractivity contribution >= 4 is 5.97 Å². The van der Waals surface area contributed by atoms with Crippen molar-refractivity contribution in [2.75, 3.05) is 6.61 Å². The first-order valence-electron chi connectivity index (χ1n) is 6.11. The van der Waals surface area contributed by atoms with Gasteiger partial charge in [0.2, 0.25) is 5.76 Å². The van der Waals surface area contributed by atoms with Crippen molar-refractivity contribution in [2.45, 2.75) is 45.4 Å². The molecule has 0 amide bonds. The van der Waals surface area contributed by atoms with E-state index in [2.05, 4.69) is 12.2 Å². The summed E-state index contributed by atoms with van der Waals surface area (Å²) in [6.45, 7) is 7.30. The van der Waals surface area contributed by atoms with Crippen LogP contribution in [0.15, 0.2) is 10.5 Å². The molecule has 2 heterocycles. The van der Waals surface area contributed by atoms with E-state index in [9.17, 15) is 4.79 Å². The monoisotopic (exact) mass is 253 g/mol. The zero-order chi connectivity index (χ0) is 13.3. The standard InChI is InChI=1S/C13H19NO4/c1-8-10(6-11(18-8)12(15)16)7-14-13(3)4-5-17-9(13)2/h6,9,14H,4-5,7H2,1-3H3,(H,15,16). The molecule has 0 saturated carbocycles. The third-order valence-corrected chi connectivity index (χ3v) is 3.80. The smallest absolute Gasteiger partial charge is 0.371 e. The number of nitrogens with one attached hydrogen (secondary N) is 1. The zero-order valence-corrected chi connectivity index (χ0v) is 10.9. The second-order valence-electron chi connectivity index (χ2n) is 5.03. The van der Waals surface area contributed by atoms with Gasteiger partial charge in [-0.25, -0.2) is 4.79 Å². The van der Waals surface area contributed by atoms with E-state index in [1.165, 1.54) is 0 Å². The van der Waals surface area contributed by atoms with Crippen LogP contribution >= 0.6 is 0 Å². The number of hydrogen-bond acceptors (Lipinski definition) is 4. The minimum Gasteiger partial charge on any atom is -0.475 e. The topological polar surface area (TPSA) is 71.7 Å². The van der Waals surface area contributed by atoms with E-state index in [4.69, 9.17) is 14.3 Å². The maximum Gasteiger partial charge on any atom is 0.371 e. The molecule has 18 heavy (non-hydrogen) atoms. The van der Waals surface area contributed by atoms with Crippen molar-refractivity contribution in [1.82, 2.24) is 5.32 Å². The molecule has 0 aromatic carbocycles. The molecule has 1 aromatic heterocycles. The van der Waals surface area contributed by atoms with Crippen LogP contribution in [0, 0.1) is 6.92 Å². The number of furan rings is 1. The number of carboxylic acid groups (broad SMARTS) is 1. The Hall–Kier alpha value is -1.33. The van der Waals surface area contributed by atoms with Crippen molar-refractivity contribution in [3.63, 3.8) is 0 Å². The first-order valence-corrected chi connectivity index (χ1v) is 6.11. The number of rotatable bonds is 4. The van der Waals surface area contributed by atoms with Gasteiger partial charge in [-0.1, -0.05) is 0 Å². The van der Waals surface area contributed by atoms with Crippen LogP contribution in [-0.4, -0.2) is 29.3 Å². The van der Waals surface area contributed by atoms with Gasteiger partial charge in [-0.2, -0.15) is 0 Å². The summed E-state index contributed by atoms with van der Waals surface area (Å²) < 4.78 is 10.7. The molecule has 5 nitrogen and oxygen atoms in total. The molecule has 1 fully saturated rings. The number of carboxylic acids is 1. The van der Waals surface area contributed by atoms with Crippen molar-refractivity contribution in [3.05, 3.63) is 23.2 Å². The first-order chi connectivity index (χ1) is 8.42. The molecule has 1 aliphatic rings. The van der Waals surface area contributed by atoms with Crippen molar-refractivity contribution in [1.29, 1.82) is 0 Å². The van der Waals surface area contributed by atoms with E-state index in [0.29, 0.717) is 12.3 Å². The highest BCUT2D eigenvalue weighted by atomic mass is 16.5. The normalized spacial score (nSPS) is 27.6. The summed E-state index contributed by atoms with van der Waals surface area (Å²) in [7, 11) is 0. The Morgan fingerprint density at radius 1 is 1.67 bits per heavy atom. The maximum absolute atomic E-state index is 10.8. The van der Waals surface area contributed by atoms with Gasteiger partial charge in [0.25, 0.3) is 0 Å². The van der Waals surface area contributed by atoms with Gasteiger partial charge in [-0.15, -0.1) is 0 Å². The Balaban J connectivity index is 2.04. The Kier molecular flexibility index (Phi) is 3.45. The van der Waals surface area contributed by atoms with Crippen LogP contribution in [0.2, 0.25) is 0 Å². The van der Waals surface area contributed by atoms with Gasteiger partial charge in [0.05, 0.1) is 6.10 Å². The summed E-state index contributed by atoms with van der Waals surface area (Å²) >= 11 is 0. The lowest BCUT2D eigenvalue weighted by Gasteiger charge is -2.28. The minimum atomic E-state index is -1.03. The molecule has 5 heteroatoms. The largest absolute Gasteiger partial charge is 0.475 e. The lowest BCUT2D eigenvalue weighted by Crippen LogP contribution is -2.47. The molecule has 2 atom stereocenters. The molecule has 1 saturated heterocycles. The summed E-state index contributed by atoms with van der Waals surface area (Å²) in [6.07, 6.45) is 1.11. The molecular weight excluding hydrogens is 234 g/mol. The Morgan fingerprint density at radius 2 is 2.39 bits per heavy atom. The molecule has 2 unspecified atom stereocenters. The lowest BCUT2D eigenvalue weighted by molar-refractivity contribution is 0.0661. The van der Waals surface area contributed by atoms with Crippen molar-refractivity contribution in [2.24, 2.45) is 0 Å². The van der Waals surface area contributed by atoms with E-state index < -0.39 is 5.97 Å². The van der Waals surface area contributed by atoms with Gasteiger partial charge in [-0.05, 0) is 33.3 Å². The fourth-order valence-corrected chi connectivity index (χ4v) is 2.16. The number of carbonyl (C=O) groups is 1. The predicted molar refractivity (Wildman–Crippen MR) is 65.7 cm³/mol. The van der Waals surface area contributed by atoms with Gasteiger partial charge >= 0.3 is 5.97 Å². The van der Waals surface area contributed by atoms with Gasteiger partial charge in [0, 0.05) is 24.3 Å². The average molecular weight is 253 g/mol. The van der Waals surface area contributed by atoms with Gasteiger partial charge in [0.15, 0.2) is 0 Å². The second kappa shape index (κ2) is 4.74. The maximum atomic E-state index is 10.8. The molecule has 2 N–H and O–H groups in total. The Bertz CT molecular complexity index is 454. The first kappa shape index (κ1) is 13.1. The number of ether oxygens (including phenoxy) is 1. The molecule has 2 rings (SSSR count). The average Bonchev–Trinajstić information content (AvgIpc) is 2.82. The van der Waals surface area contributed by atoms with E-state index in [-0.39, 0.29) is 17.4 Å². The number of hydrogen-bond donors (Lipinski definition) is 2. The minimum absolute atomic E-state index is 0.00910. The van der Waals surface area contributed by atoms with E-state index in [1.54, 1.807) is 13.0 Å². The molecule has 100 valence electrons. The summed E-state index contributed by atoms with van der Waals surface area (Å²) in [5, 5.41) is 12.3. The Morgan fingerprint density at radius 3 is 2.89 bits per heavy atom. The van der Waals surface area contributed by atoms with Crippen LogP contribution in [0.4, 0.5) is 0 Å². The quantitative estimate of drug-likeness (QED) is 0.858. The van der Waals surface area contributed by atoms with Crippen molar-refractivity contribution in [3.8, 4) is 0 Å². The van der Waals surface area contributed by atoms with E-state index >= 15 is 0 Å². The molecule has 1 aliphatic heterocycles. The van der Waals surface area contributed by atoms with E-state index in [1.807, 2.05) is 6.92 Å². The lowest BCUT2D eigenvalue weighted by atomic mass is 9.94. The van der Waals surface area contributed by atoms with Crippen LogP contribution in [0.1, 0.15) is 42.1 Å². The SMILES string of the molecule is Cc1oc(C(=O)O)cc1CNC1(C)CCOC1C. The second-order valence-corrected chi connectivity index (χ2v) is 5.03. The fourth-order valence-electron chi connectivity index (χ4n) is 2.16. The zero-order valence-electron chi connectivity index (χ0n) is 10.9. The number of aromatic carboxylic acids is 1. The predicted octanol–water partition coefficient (Wildman–Crippen LogP) is 1.94. The van der Waals surface area contributed by atoms with Gasteiger partial charge in [-0.3, -0.25) is 0 Å². The van der Waals surface area contributed by atoms with Crippen LogP contribution in [-0.2, 0) is 11.3 Å². The summed E-state index contributed by atoms with van der Waals surface area (Å²) in [5.74, 6) is -0.395. The highest BCUT2D eigenvalue weighted by Gasteiger charge is 2.36. The summed E-state index contributed by atoms with van der Waals surface area (Å²) in [5.41, 5.74) is 0.820. The molecule has 1 aromatic rings. The highest BCUT2D eigenvalue weighted by Crippen LogP contribution is 2.26. The molecule has 0 spiro atoms. The summed E-state index contributed by atoms with van der Waals surface area (Å²) in [4.78, 5) is 10.8. The van der Waals surface area contributed by atoms with Crippen LogP contribution < -0.4 is 5.32 Å². The third-order valence-electron chi connectivity index (χ3n) is 3.80. The highest BCUT2D eigenvalue weighted by molar-refractivity contribution is 5.84. The van der Waals surface area contributed by atoms with Gasteiger partial charge in [0.1, 0.15) is 5.76 Å².